The van der Waals surface area contributed by atoms with Crippen molar-refractivity contribution in [2.24, 2.45) is 0 Å². The summed E-state index contributed by atoms with van der Waals surface area (Å²) in [6, 6.07) is 14.2. The lowest BCUT2D eigenvalue weighted by molar-refractivity contribution is 0.102. The molecule has 24 heavy (non-hydrogen) atoms. The average molecular weight is 341 g/mol. The third kappa shape index (κ3) is 3.94. The number of hydrogen-bond donors (Lipinski definition) is 1. The molecule has 0 saturated heterocycles. The van der Waals surface area contributed by atoms with Crippen LogP contribution < -0.4 is 5.32 Å². The standard InChI is InChI=1S/C17H15N3O3S/c1-24(22)10-12-3-2-4-14(9-12)16(21)19-15-7-5-13(6-8-15)17-20-18-11-23-17/h2-9,11H,10H2,1H3,(H,19,21)/t24-/m0/s1. The fourth-order valence-corrected chi connectivity index (χ4v) is 2.88. The summed E-state index contributed by atoms with van der Waals surface area (Å²) in [6.07, 6.45) is 2.90. The van der Waals surface area contributed by atoms with E-state index < -0.39 is 10.8 Å². The highest BCUT2D eigenvalue weighted by Crippen LogP contribution is 2.19. The van der Waals surface area contributed by atoms with Crippen molar-refractivity contribution in [1.29, 1.82) is 0 Å². The lowest BCUT2D eigenvalue weighted by Crippen LogP contribution is -2.12. The molecule has 0 fully saturated rings. The van der Waals surface area contributed by atoms with Crippen molar-refractivity contribution in [3.05, 3.63) is 66.1 Å². The molecule has 3 rings (SSSR count). The first-order valence-corrected chi connectivity index (χ1v) is 8.91. The van der Waals surface area contributed by atoms with Gasteiger partial charge in [0.25, 0.3) is 5.91 Å². The Bertz CT molecular complexity index is 861. The van der Waals surface area contributed by atoms with Crippen molar-refractivity contribution >= 4 is 22.4 Å². The van der Waals surface area contributed by atoms with E-state index in [2.05, 4.69) is 15.5 Å². The Kier molecular flexibility index (Phi) is 4.81. The van der Waals surface area contributed by atoms with Gasteiger partial charge in [-0.25, -0.2) is 0 Å². The Hall–Kier alpha value is -2.80. The maximum absolute atomic E-state index is 12.3. The Morgan fingerprint density at radius 1 is 1.21 bits per heavy atom. The van der Waals surface area contributed by atoms with Crippen LogP contribution in [0.3, 0.4) is 0 Å². The van der Waals surface area contributed by atoms with Gasteiger partial charge in [-0.05, 0) is 42.0 Å². The van der Waals surface area contributed by atoms with E-state index in [-0.39, 0.29) is 5.91 Å². The van der Waals surface area contributed by atoms with Crippen LogP contribution in [0.5, 0.6) is 0 Å². The molecule has 0 bridgehead atoms. The third-order valence-corrected chi connectivity index (χ3v) is 4.05. The SMILES string of the molecule is C[S@](=O)Cc1cccc(C(=O)Nc2ccc(-c3nnco3)cc2)c1. The van der Waals surface area contributed by atoms with Gasteiger partial charge in [0.05, 0.1) is 0 Å². The summed E-state index contributed by atoms with van der Waals surface area (Å²) in [4.78, 5) is 12.3. The zero-order chi connectivity index (χ0) is 16.9. The second-order valence-electron chi connectivity index (χ2n) is 5.19. The zero-order valence-corrected chi connectivity index (χ0v) is 13.7. The van der Waals surface area contributed by atoms with Gasteiger partial charge in [-0.15, -0.1) is 10.2 Å². The smallest absolute Gasteiger partial charge is 0.255 e. The van der Waals surface area contributed by atoms with Crippen LogP contribution >= 0.6 is 0 Å². The second-order valence-corrected chi connectivity index (χ2v) is 6.63. The van der Waals surface area contributed by atoms with Gasteiger partial charge >= 0.3 is 0 Å². The number of hydrogen-bond acceptors (Lipinski definition) is 5. The summed E-state index contributed by atoms with van der Waals surface area (Å²) in [5.41, 5.74) is 2.83. The number of aromatic nitrogens is 2. The van der Waals surface area contributed by atoms with E-state index in [4.69, 9.17) is 4.42 Å². The van der Waals surface area contributed by atoms with Crippen LogP contribution in [0.25, 0.3) is 11.5 Å². The molecule has 0 saturated carbocycles. The number of carbonyl (C=O) groups excluding carboxylic acids is 1. The summed E-state index contributed by atoms with van der Waals surface area (Å²) in [6.45, 7) is 0. The Morgan fingerprint density at radius 3 is 2.67 bits per heavy atom. The minimum atomic E-state index is -0.945. The highest BCUT2D eigenvalue weighted by atomic mass is 32.2. The van der Waals surface area contributed by atoms with E-state index in [1.165, 1.54) is 6.39 Å². The average Bonchev–Trinajstić information content (AvgIpc) is 3.09. The van der Waals surface area contributed by atoms with Crippen LogP contribution in [0.1, 0.15) is 15.9 Å². The number of benzene rings is 2. The molecule has 2 aromatic carbocycles. The Labute approximate surface area is 141 Å². The van der Waals surface area contributed by atoms with Crippen LogP contribution in [-0.4, -0.2) is 26.6 Å². The predicted molar refractivity (Wildman–Crippen MR) is 91.9 cm³/mol. The van der Waals surface area contributed by atoms with Crippen molar-refractivity contribution in [2.75, 3.05) is 11.6 Å². The molecule has 122 valence electrons. The number of rotatable bonds is 5. The van der Waals surface area contributed by atoms with Gasteiger partial charge in [0.1, 0.15) is 0 Å². The van der Waals surface area contributed by atoms with Crippen molar-refractivity contribution in [1.82, 2.24) is 10.2 Å². The van der Waals surface area contributed by atoms with Crippen molar-refractivity contribution < 1.29 is 13.4 Å². The molecule has 0 aliphatic carbocycles. The van der Waals surface area contributed by atoms with Gasteiger partial charge < -0.3 is 9.73 Å². The van der Waals surface area contributed by atoms with Crippen LogP contribution in [-0.2, 0) is 16.6 Å². The number of carbonyl (C=O) groups is 1. The van der Waals surface area contributed by atoms with E-state index >= 15 is 0 Å². The summed E-state index contributed by atoms with van der Waals surface area (Å²) < 4.78 is 16.4. The van der Waals surface area contributed by atoms with Gasteiger partial charge in [-0.2, -0.15) is 0 Å². The van der Waals surface area contributed by atoms with E-state index in [0.717, 1.165) is 11.1 Å². The molecule has 0 unspecified atom stereocenters. The monoisotopic (exact) mass is 341 g/mol. The first kappa shape index (κ1) is 16.1. The van der Waals surface area contributed by atoms with Crippen LogP contribution in [0.2, 0.25) is 0 Å². The minimum Gasteiger partial charge on any atom is -0.423 e. The van der Waals surface area contributed by atoms with Crippen molar-refractivity contribution in [3.8, 4) is 11.5 Å². The summed E-state index contributed by atoms with van der Waals surface area (Å²) in [5.74, 6) is 0.636. The van der Waals surface area contributed by atoms with Gasteiger partial charge in [-0.1, -0.05) is 12.1 Å². The Balaban J connectivity index is 1.71. The largest absolute Gasteiger partial charge is 0.423 e. The van der Waals surface area contributed by atoms with E-state index in [1.54, 1.807) is 48.7 Å². The zero-order valence-electron chi connectivity index (χ0n) is 12.9. The first-order valence-electron chi connectivity index (χ1n) is 7.19. The van der Waals surface area contributed by atoms with Crippen LogP contribution in [0, 0.1) is 0 Å². The Morgan fingerprint density at radius 2 is 2.00 bits per heavy atom. The lowest BCUT2D eigenvalue weighted by atomic mass is 10.1. The molecule has 0 aliphatic heterocycles. The molecular weight excluding hydrogens is 326 g/mol. The van der Waals surface area contributed by atoms with Crippen LogP contribution in [0.15, 0.2) is 59.3 Å². The normalized spacial score (nSPS) is 11.9. The third-order valence-electron chi connectivity index (χ3n) is 3.31. The van der Waals surface area contributed by atoms with Crippen LogP contribution in [0.4, 0.5) is 5.69 Å². The molecule has 3 aromatic rings. The van der Waals surface area contributed by atoms with E-state index in [0.29, 0.717) is 22.9 Å². The van der Waals surface area contributed by atoms with Crippen molar-refractivity contribution in [2.45, 2.75) is 5.75 Å². The highest BCUT2D eigenvalue weighted by molar-refractivity contribution is 7.83. The molecule has 0 spiro atoms. The van der Waals surface area contributed by atoms with E-state index in [9.17, 15) is 9.00 Å². The highest BCUT2D eigenvalue weighted by Gasteiger charge is 2.09. The molecule has 0 aliphatic rings. The van der Waals surface area contributed by atoms with Gasteiger partial charge in [0.15, 0.2) is 0 Å². The number of nitrogens with zero attached hydrogens (tertiary/aromatic N) is 2. The fourth-order valence-electron chi connectivity index (χ4n) is 2.24. The molecule has 1 aromatic heterocycles. The molecule has 1 N–H and O–H groups in total. The summed E-state index contributed by atoms with van der Waals surface area (Å²) in [5, 5.41) is 10.3. The maximum atomic E-state index is 12.3. The van der Waals surface area contributed by atoms with Gasteiger partial charge in [-0.3, -0.25) is 9.00 Å². The predicted octanol–water partition coefficient (Wildman–Crippen LogP) is 2.87. The summed E-state index contributed by atoms with van der Waals surface area (Å²) in [7, 11) is -0.945. The quantitative estimate of drug-likeness (QED) is 0.771. The fraction of sp³-hybridized carbons (Fsp3) is 0.118. The van der Waals surface area contributed by atoms with Gasteiger partial charge in [0, 0.05) is 39.6 Å². The molecule has 0 radical (unpaired) electrons. The second kappa shape index (κ2) is 7.18. The van der Waals surface area contributed by atoms with Crippen molar-refractivity contribution in [3.63, 3.8) is 0 Å². The van der Waals surface area contributed by atoms with E-state index in [1.807, 2.05) is 6.07 Å². The number of amides is 1. The summed E-state index contributed by atoms with van der Waals surface area (Å²) >= 11 is 0. The molecule has 1 amide bonds. The number of anilines is 1. The number of nitrogens with one attached hydrogen (secondary N) is 1. The lowest BCUT2D eigenvalue weighted by Gasteiger charge is -2.07. The molecular formula is C17H15N3O3S. The molecule has 6 nitrogen and oxygen atoms in total. The minimum absolute atomic E-state index is 0.218. The topological polar surface area (TPSA) is 85.1 Å². The maximum Gasteiger partial charge on any atom is 0.255 e. The molecule has 1 heterocycles. The molecule has 1 atom stereocenters. The molecule has 7 heteroatoms. The van der Waals surface area contributed by atoms with Gasteiger partial charge in [0.2, 0.25) is 12.3 Å². The first-order chi connectivity index (χ1) is 11.6.